The Morgan fingerprint density at radius 1 is 1.12 bits per heavy atom. The molecule has 1 fully saturated rings. The molecule has 8 heteroatoms. The molecule has 1 aliphatic heterocycles. The van der Waals surface area contributed by atoms with Crippen LogP contribution in [0.15, 0.2) is 0 Å². The largest absolute Gasteiger partial charge is 0.394 e. The Morgan fingerprint density at radius 3 is 2.00 bits per heavy atom. The van der Waals surface area contributed by atoms with Gasteiger partial charge in [-0.15, -0.1) is 0 Å². The molecule has 0 aromatic carbocycles. The molecule has 4 unspecified atom stereocenters. The van der Waals surface area contributed by atoms with E-state index in [1.54, 1.807) is 6.92 Å². The second-order valence-corrected chi connectivity index (χ2v) is 3.24. The summed E-state index contributed by atoms with van der Waals surface area (Å²) >= 11 is 0. The third kappa shape index (κ3) is 6.72. The van der Waals surface area contributed by atoms with Crippen molar-refractivity contribution in [2.45, 2.75) is 37.4 Å². The zero-order valence-corrected chi connectivity index (χ0v) is 23.7. The van der Waals surface area contributed by atoms with Gasteiger partial charge in [-0.25, -0.2) is 0 Å². The van der Waals surface area contributed by atoms with Crippen molar-refractivity contribution in [1.82, 2.24) is 0 Å². The Labute approximate surface area is 203 Å². The summed E-state index contributed by atoms with van der Waals surface area (Å²) < 4.78 is 10.1. The van der Waals surface area contributed by atoms with Crippen LogP contribution in [0.1, 0.15) is 6.92 Å². The monoisotopic (exact) mass is 873 g/mol. The van der Waals surface area contributed by atoms with Crippen molar-refractivity contribution in [3.8, 4) is 0 Å². The van der Waals surface area contributed by atoms with E-state index in [1.165, 1.54) is 7.11 Å². The molecule has 0 aliphatic carbocycles. The van der Waals surface area contributed by atoms with Gasteiger partial charge in [-0.1, -0.05) is 0 Å². The summed E-state index contributed by atoms with van der Waals surface area (Å²) in [5.41, 5.74) is 0. The van der Waals surface area contributed by atoms with Crippen LogP contribution in [0.2, 0.25) is 0 Å². The average Bonchev–Trinajstić information content (AvgIpc) is 2.12. The summed E-state index contributed by atoms with van der Waals surface area (Å²) in [5, 5.41) is 27.9. The maximum absolute atomic E-state index is 9.55. The smallest absolute Gasteiger partial charge is 0.114 e. The SMILES string of the molecule is COC1C(O)C(C)OC(CO)[C@@H]1O.[Ac].[Ac].[Ac]. The Hall–Kier alpha value is 4.12. The normalized spacial score (nSPS) is 37.7. The van der Waals surface area contributed by atoms with Crippen molar-refractivity contribution < 1.29 is 157 Å². The van der Waals surface area contributed by atoms with Crippen LogP contribution in [0.3, 0.4) is 0 Å². The summed E-state index contributed by atoms with van der Waals surface area (Å²) in [7, 11) is 1.41. The van der Waals surface area contributed by atoms with Gasteiger partial charge in [-0.2, -0.15) is 0 Å². The van der Waals surface area contributed by atoms with Crippen LogP contribution in [-0.2, 0) is 9.47 Å². The van der Waals surface area contributed by atoms with E-state index < -0.39 is 30.5 Å². The first-order valence-corrected chi connectivity index (χ1v) is 4.27. The van der Waals surface area contributed by atoms with Crippen molar-refractivity contribution in [2.75, 3.05) is 13.7 Å². The van der Waals surface area contributed by atoms with Crippen LogP contribution >= 0.6 is 0 Å². The van der Waals surface area contributed by atoms with Crippen molar-refractivity contribution in [2.24, 2.45) is 0 Å². The van der Waals surface area contributed by atoms with Crippen LogP contribution in [-0.4, -0.2) is 59.6 Å². The van der Waals surface area contributed by atoms with E-state index in [0.717, 1.165) is 0 Å². The summed E-state index contributed by atoms with van der Waals surface area (Å²) in [5.74, 6) is 0. The van der Waals surface area contributed by atoms with Crippen LogP contribution in [0, 0.1) is 132 Å². The fraction of sp³-hybridized carbons (Fsp3) is 1.00. The molecule has 5 nitrogen and oxygen atoms in total. The average molecular weight is 873 g/mol. The van der Waals surface area contributed by atoms with Crippen molar-refractivity contribution in [1.29, 1.82) is 0 Å². The Kier molecular flexibility index (Phi) is 20.1. The number of ether oxygens (including phenoxy) is 2. The number of hydrogen-bond acceptors (Lipinski definition) is 5. The minimum absolute atomic E-state index is 0. The molecule has 3 radical (unpaired) electrons. The molecule has 0 amide bonds. The molecule has 3 N–H and O–H groups in total. The van der Waals surface area contributed by atoms with Crippen molar-refractivity contribution in [3.63, 3.8) is 0 Å². The number of rotatable bonds is 2. The maximum atomic E-state index is 9.55. The molecule has 87 valence electrons. The van der Waals surface area contributed by atoms with Crippen molar-refractivity contribution >= 4 is 0 Å². The molecule has 1 rings (SSSR count). The Morgan fingerprint density at radius 2 is 1.62 bits per heavy atom. The number of hydrogen-bond donors (Lipinski definition) is 3. The van der Waals surface area contributed by atoms with E-state index in [0.29, 0.717) is 0 Å². The van der Waals surface area contributed by atoms with Crippen LogP contribution in [0.25, 0.3) is 0 Å². The van der Waals surface area contributed by atoms with Gasteiger partial charge in [0.15, 0.2) is 0 Å². The van der Waals surface area contributed by atoms with Gasteiger partial charge in [0.2, 0.25) is 0 Å². The van der Waals surface area contributed by atoms with E-state index in [1.807, 2.05) is 0 Å². The molecule has 1 aliphatic rings. The molecule has 0 aromatic heterocycles. The van der Waals surface area contributed by atoms with Gasteiger partial charge < -0.3 is 24.8 Å². The van der Waals surface area contributed by atoms with Gasteiger partial charge >= 0.3 is 0 Å². The molecule has 16 heavy (non-hydrogen) atoms. The fourth-order valence-electron chi connectivity index (χ4n) is 1.55. The predicted molar refractivity (Wildman–Crippen MR) is 44.2 cm³/mol. The van der Waals surface area contributed by atoms with Gasteiger partial charge in [0, 0.05) is 139 Å². The molecule has 0 aromatic rings. The third-order valence-corrected chi connectivity index (χ3v) is 2.38. The topological polar surface area (TPSA) is 79.2 Å². The molecule has 0 bridgehead atoms. The first-order valence-electron chi connectivity index (χ1n) is 4.27. The summed E-state index contributed by atoms with van der Waals surface area (Å²) in [6.45, 7) is 1.39. The zero-order valence-electron chi connectivity index (χ0n) is 9.48. The van der Waals surface area contributed by atoms with Gasteiger partial charge in [0.05, 0.1) is 12.7 Å². The van der Waals surface area contributed by atoms with E-state index in [-0.39, 0.29) is 139 Å². The van der Waals surface area contributed by atoms with E-state index >= 15 is 0 Å². The molecular weight excluding hydrogens is 857 g/mol. The summed E-state index contributed by atoms with van der Waals surface area (Å²) in [6, 6.07) is 0. The second-order valence-electron chi connectivity index (χ2n) is 3.24. The van der Waals surface area contributed by atoms with Crippen LogP contribution < -0.4 is 0 Å². The van der Waals surface area contributed by atoms with Crippen LogP contribution in [0.4, 0.5) is 0 Å². The fourth-order valence-corrected chi connectivity index (χ4v) is 1.55. The number of aliphatic hydroxyl groups excluding tert-OH is 3. The van der Waals surface area contributed by atoms with E-state index in [9.17, 15) is 10.2 Å². The number of aliphatic hydroxyl groups is 3. The first-order chi connectivity index (χ1) is 6.11. The third-order valence-electron chi connectivity index (χ3n) is 2.38. The minimum Gasteiger partial charge on any atom is -0.394 e. The second kappa shape index (κ2) is 12.8. The Balaban J connectivity index is -0.000000563. The molecular formula is C8H16Ac3O5. The van der Waals surface area contributed by atoms with Crippen molar-refractivity contribution in [3.05, 3.63) is 0 Å². The first kappa shape index (κ1) is 25.1. The van der Waals surface area contributed by atoms with E-state index in [2.05, 4.69) is 0 Å². The summed E-state index contributed by atoms with van der Waals surface area (Å²) in [4.78, 5) is 0. The summed E-state index contributed by atoms with van der Waals surface area (Å²) in [6.07, 6.45) is -3.65. The standard InChI is InChI=1S/C8H16O5.3Ac/c1-4-6(10)8(12-2)7(11)5(3-9)13-4;;;/h4-11H,3H2,1-2H3;;;/t4?,5?,6?,7-,8?;;;/m0.../s1. The zero-order chi connectivity index (χ0) is 10.0. The Bertz CT molecular complexity index is 174. The molecule has 5 atom stereocenters. The molecule has 0 saturated carbocycles. The van der Waals surface area contributed by atoms with Gasteiger partial charge in [-0.05, 0) is 6.92 Å². The molecule has 1 heterocycles. The molecule has 1 saturated heterocycles. The number of methoxy groups -OCH3 is 1. The van der Waals surface area contributed by atoms with Gasteiger partial charge in [-0.3, -0.25) is 0 Å². The predicted octanol–water partition coefficient (Wildman–Crippen LogP) is -1.50. The van der Waals surface area contributed by atoms with Crippen LogP contribution in [0.5, 0.6) is 0 Å². The van der Waals surface area contributed by atoms with Gasteiger partial charge in [0.25, 0.3) is 0 Å². The quantitative estimate of drug-likeness (QED) is 0.316. The minimum atomic E-state index is -0.985. The van der Waals surface area contributed by atoms with Gasteiger partial charge in [0.1, 0.15) is 24.4 Å². The molecule has 0 spiro atoms. The maximum Gasteiger partial charge on any atom is 0.114 e. The van der Waals surface area contributed by atoms with E-state index in [4.69, 9.17) is 14.6 Å².